The molecule has 0 fully saturated rings. The smallest absolute Gasteiger partial charge is 0.357 e. The zero-order chi connectivity index (χ0) is 18.9. The lowest BCUT2D eigenvalue weighted by Gasteiger charge is -2.21. The van der Waals surface area contributed by atoms with E-state index >= 15 is 0 Å². The molecule has 0 bridgehead atoms. The summed E-state index contributed by atoms with van der Waals surface area (Å²) in [4.78, 5) is 30.2. The highest BCUT2D eigenvalue weighted by Gasteiger charge is 2.18. The molecule has 2 amide bonds. The number of hydrogen-bond donors (Lipinski definition) is 1. The number of esters is 1. The van der Waals surface area contributed by atoms with Crippen LogP contribution in [0.2, 0.25) is 0 Å². The van der Waals surface area contributed by atoms with Gasteiger partial charge in [-0.3, -0.25) is 0 Å². The van der Waals surface area contributed by atoms with Crippen molar-refractivity contribution in [3.05, 3.63) is 45.9 Å². The van der Waals surface area contributed by atoms with Crippen molar-refractivity contribution in [2.75, 3.05) is 32.2 Å². The summed E-state index contributed by atoms with van der Waals surface area (Å²) < 4.78 is 10.0. The van der Waals surface area contributed by atoms with Gasteiger partial charge in [0.1, 0.15) is 5.01 Å². The normalized spacial score (nSPS) is 10.4. The molecular weight excluding hydrogens is 354 g/mol. The van der Waals surface area contributed by atoms with Crippen LogP contribution in [0.3, 0.4) is 0 Å². The fourth-order valence-corrected chi connectivity index (χ4v) is 2.92. The molecule has 2 rings (SSSR count). The molecule has 2 aromatic rings. The number of carbonyl (C=O) groups is 2. The Kier molecular flexibility index (Phi) is 7.55. The van der Waals surface area contributed by atoms with Gasteiger partial charge in [0, 0.05) is 24.7 Å². The number of thiazole rings is 1. The summed E-state index contributed by atoms with van der Waals surface area (Å²) in [7, 11) is 1.58. The number of rotatable bonds is 8. The summed E-state index contributed by atoms with van der Waals surface area (Å²) in [6.45, 7) is 5.11. The van der Waals surface area contributed by atoms with Crippen LogP contribution in [0.1, 0.15) is 28.0 Å². The molecule has 0 atom stereocenters. The lowest BCUT2D eigenvalue weighted by molar-refractivity contribution is 0.0520. The molecule has 1 heterocycles. The first-order valence-corrected chi connectivity index (χ1v) is 9.14. The SMILES string of the molecule is CCOC(=O)c1csc(CN(CCOC)C(=O)Nc2ccc(C)cc2)n1. The molecule has 0 aliphatic rings. The number of urea groups is 1. The van der Waals surface area contributed by atoms with Gasteiger partial charge in [0.05, 0.1) is 19.8 Å². The Balaban J connectivity index is 2.05. The summed E-state index contributed by atoms with van der Waals surface area (Å²) in [5, 5.41) is 5.16. The molecule has 0 unspecified atom stereocenters. The maximum Gasteiger partial charge on any atom is 0.357 e. The third kappa shape index (κ3) is 5.82. The second-order valence-corrected chi connectivity index (χ2v) is 6.50. The molecule has 140 valence electrons. The molecule has 1 N–H and O–H groups in total. The van der Waals surface area contributed by atoms with Crippen LogP contribution in [0, 0.1) is 6.92 Å². The van der Waals surface area contributed by atoms with E-state index in [4.69, 9.17) is 9.47 Å². The van der Waals surface area contributed by atoms with Gasteiger partial charge in [-0.2, -0.15) is 0 Å². The van der Waals surface area contributed by atoms with Crippen LogP contribution in [0.15, 0.2) is 29.6 Å². The van der Waals surface area contributed by atoms with Gasteiger partial charge in [-0.05, 0) is 26.0 Å². The predicted octanol–water partition coefficient (Wildman–Crippen LogP) is 3.31. The number of aromatic nitrogens is 1. The third-order valence-electron chi connectivity index (χ3n) is 3.52. The Labute approximate surface area is 156 Å². The minimum absolute atomic E-state index is 0.251. The van der Waals surface area contributed by atoms with Crippen molar-refractivity contribution in [1.29, 1.82) is 0 Å². The van der Waals surface area contributed by atoms with Gasteiger partial charge in [0.15, 0.2) is 5.69 Å². The average molecular weight is 377 g/mol. The van der Waals surface area contributed by atoms with Crippen molar-refractivity contribution in [1.82, 2.24) is 9.88 Å². The molecule has 0 spiro atoms. The van der Waals surface area contributed by atoms with E-state index in [9.17, 15) is 9.59 Å². The highest BCUT2D eigenvalue weighted by molar-refractivity contribution is 7.09. The maximum absolute atomic E-state index is 12.6. The highest BCUT2D eigenvalue weighted by Crippen LogP contribution is 2.15. The summed E-state index contributed by atoms with van der Waals surface area (Å²) in [6, 6.07) is 7.32. The van der Waals surface area contributed by atoms with Crippen molar-refractivity contribution in [2.24, 2.45) is 0 Å². The molecule has 8 heteroatoms. The van der Waals surface area contributed by atoms with E-state index in [0.29, 0.717) is 24.8 Å². The van der Waals surface area contributed by atoms with E-state index in [-0.39, 0.29) is 18.3 Å². The molecule has 26 heavy (non-hydrogen) atoms. The number of carbonyl (C=O) groups excluding carboxylic acids is 2. The van der Waals surface area contributed by atoms with E-state index in [1.807, 2.05) is 31.2 Å². The quantitative estimate of drug-likeness (QED) is 0.714. The van der Waals surface area contributed by atoms with Crippen molar-refractivity contribution < 1.29 is 19.1 Å². The van der Waals surface area contributed by atoms with E-state index in [1.54, 1.807) is 24.3 Å². The van der Waals surface area contributed by atoms with Gasteiger partial charge in [0.25, 0.3) is 0 Å². The number of hydrogen-bond acceptors (Lipinski definition) is 6. The number of anilines is 1. The zero-order valence-corrected chi connectivity index (χ0v) is 16.0. The topological polar surface area (TPSA) is 80.8 Å². The standard InChI is InChI=1S/C18H23N3O4S/c1-4-25-17(22)15-12-26-16(20-15)11-21(9-10-24-3)18(23)19-14-7-5-13(2)6-8-14/h5-8,12H,4,9-11H2,1-3H3,(H,19,23). The molecule has 0 aliphatic carbocycles. The lowest BCUT2D eigenvalue weighted by atomic mass is 10.2. The number of aryl methyl sites for hydroxylation is 1. The fraction of sp³-hybridized carbons (Fsp3) is 0.389. The molecule has 0 saturated heterocycles. The Morgan fingerprint density at radius 3 is 2.65 bits per heavy atom. The maximum atomic E-state index is 12.6. The highest BCUT2D eigenvalue weighted by atomic mass is 32.1. The second kappa shape index (κ2) is 9.88. The first-order chi connectivity index (χ1) is 12.5. The van der Waals surface area contributed by atoms with E-state index in [0.717, 1.165) is 11.3 Å². The van der Waals surface area contributed by atoms with Crippen molar-refractivity contribution in [3.63, 3.8) is 0 Å². The van der Waals surface area contributed by atoms with Crippen LogP contribution in [-0.4, -0.2) is 48.8 Å². The van der Waals surface area contributed by atoms with Crippen LogP contribution in [-0.2, 0) is 16.0 Å². The van der Waals surface area contributed by atoms with Crippen LogP contribution >= 0.6 is 11.3 Å². The van der Waals surface area contributed by atoms with Gasteiger partial charge in [-0.25, -0.2) is 14.6 Å². The third-order valence-corrected chi connectivity index (χ3v) is 4.35. The number of nitrogens with one attached hydrogen (secondary N) is 1. The Morgan fingerprint density at radius 1 is 1.27 bits per heavy atom. The van der Waals surface area contributed by atoms with Crippen molar-refractivity contribution in [2.45, 2.75) is 20.4 Å². The molecular formula is C18H23N3O4S. The second-order valence-electron chi connectivity index (χ2n) is 5.56. The van der Waals surface area contributed by atoms with Crippen molar-refractivity contribution in [3.8, 4) is 0 Å². The predicted molar refractivity (Wildman–Crippen MR) is 101 cm³/mol. The largest absolute Gasteiger partial charge is 0.461 e. The Hall–Kier alpha value is -2.45. The zero-order valence-electron chi connectivity index (χ0n) is 15.2. The summed E-state index contributed by atoms with van der Waals surface area (Å²) in [6.07, 6.45) is 0. The monoisotopic (exact) mass is 377 g/mol. The van der Waals surface area contributed by atoms with E-state index < -0.39 is 5.97 Å². The molecule has 1 aromatic carbocycles. The lowest BCUT2D eigenvalue weighted by Crippen LogP contribution is -2.36. The first-order valence-electron chi connectivity index (χ1n) is 8.26. The first kappa shape index (κ1) is 19.9. The molecule has 1 aromatic heterocycles. The van der Waals surface area contributed by atoms with Gasteiger partial charge >= 0.3 is 12.0 Å². The van der Waals surface area contributed by atoms with Gasteiger partial charge in [-0.15, -0.1) is 11.3 Å². The van der Waals surface area contributed by atoms with E-state index in [1.165, 1.54) is 11.3 Å². The Morgan fingerprint density at radius 2 is 2.00 bits per heavy atom. The van der Waals surface area contributed by atoms with Crippen LogP contribution in [0.4, 0.5) is 10.5 Å². The van der Waals surface area contributed by atoms with Gasteiger partial charge in [-0.1, -0.05) is 17.7 Å². The van der Waals surface area contributed by atoms with Crippen LogP contribution in [0.25, 0.3) is 0 Å². The number of nitrogens with zero attached hydrogens (tertiary/aromatic N) is 2. The minimum atomic E-state index is -0.456. The number of benzene rings is 1. The van der Waals surface area contributed by atoms with Crippen molar-refractivity contribution >= 4 is 29.0 Å². The number of amides is 2. The summed E-state index contributed by atoms with van der Waals surface area (Å²) in [5.41, 5.74) is 2.10. The average Bonchev–Trinajstić information content (AvgIpc) is 3.09. The van der Waals surface area contributed by atoms with Crippen LogP contribution in [0.5, 0.6) is 0 Å². The molecule has 0 aliphatic heterocycles. The molecule has 0 radical (unpaired) electrons. The fourth-order valence-electron chi connectivity index (χ4n) is 2.14. The number of methoxy groups -OCH3 is 1. The molecule has 0 saturated carbocycles. The summed E-state index contributed by atoms with van der Waals surface area (Å²) >= 11 is 1.32. The van der Waals surface area contributed by atoms with Crippen LogP contribution < -0.4 is 5.32 Å². The minimum Gasteiger partial charge on any atom is -0.461 e. The Bertz CT molecular complexity index is 730. The molecule has 7 nitrogen and oxygen atoms in total. The number of ether oxygens (including phenoxy) is 2. The summed E-state index contributed by atoms with van der Waals surface area (Å²) in [5.74, 6) is -0.456. The van der Waals surface area contributed by atoms with Gasteiger partial charge < -0.3 is 19.7 Å². The van der Waals surface area contributed by atoms with Gasteiger partial charge in [0.2, 0.25) is 0 Å². The van der Waals surface area contributed by atoms with E-state index in [2.05, 4.69) is 10.3 Å².